The van der Waals surface area contributed by atoms with Gasteiger partial charge in [-0.2, -0.15) is 0 Å². The maximum absolute atomic E-state index is 5.64. The fourth-order valence-corrected chi connectivity index (χ4v) is 1.77. The van der Waals surface area contributed by atoms with Gasteiger partial charge in [-0.05, 0) is 27.1 Å². The molecule has 1 aromatic rings. The highest BCUT2D eigenvalue weighted by molar-refractivity contribution is 5.46. The Bertz CT molecular complexity index is 439. The second kappa shape index (κ2) is 9.24. The summed E-state index contributed by atoms with van der Waals surface area (Å²) in [7, 11) is 4.11. The first-order chi connectivity index (χ1) is 9.69. The first-order valence-electron chi connectivity index (χ1n) is 6.85. The molecule has 0 spiro atoms. The SMILES string of the molecule is C#CCOc1c(CNCCN(C)C)cccc1OCC. The van der Waals surface area contributed by atoms with Crippen LogP contribution in [-0.2, 0) is 6.54 Å². The van der Waals surface area contributed by atoms with Crippen molar-refractivity contribution < 1.29 is 9.47 Å². The third kappa shape index (κ3) is 5.52. The molecule has 0 heterocycles. The molecule has 0 atom stereocenters. The monoisotopic (exact) mass is 276 g/mol. The van der Waals surface area contributed by atoms with Crippen LogP contribution >= 0.6 is 0 Å². The average Bonchev–Trinajstić information content (AvgIpc) is 2.43. The quantitative estimate of drug-likeness (QED) is 0.550. The van der Waals surface area contributed by atoms with Crippen LogP contribution in [0.15, 0.2) is 18.2 Å². The fourth-order valence-electron chi connectivity index (χ4n) is 1.77. The normalized spacial score (nSPS) is 10.3. The van der Waals surface area contributed by atoms with Gasteiger partial charge in [0.05, 0.1) is 6.61 Å². The van der Waals surface area contributed by atoms with E-state index < -0.39 is 0 Å². The van der Waals surface area contributed by atoms with E-state index in [1.165, 1.54) is 0 Å². The Hall–Kier alpha value is -1.70. The lowest BCUT2D eigenvalue weighted by atomic mass is 10.2. The van der Waals surface area contributed by atoms with Crippen LogP contribution in [0.5, 0.6) is 11.5 Å². The van der Waals surface area contributed by atoms with Crippen molar-refractivity contribution in [2.75, 3.05) is 40.4 Å². The molecular weight excluding hydrogens is 252 g/mol. The molecule has 0 saturated carbocycles. The highest BCUT2D eigenvalue weighted by Gasteiger charge is 2.10. The number of para-hydroxylation sites is 1. The Kier molecular flexibility index (Phi) is 7.56. The maximum atomic E-state index is 5.64. The van der Waals surface area contributed by atoms with Gasteiger partial charge in [-0.15, -0.1) is 6.42 Å². The highest BCUT2D eigenvalue weighted by atomic mass is 16.5. The van der Waals surface area contributed by atoms with E-state index in [-0.39, 0.29) is 6.61 Å². The predicted molar refractivity (Wildman–Crippen MR) is 82.2 cm³/mol. The second-order valence-corrected chi connectivity index (χ2v) is 4.65. The largest absolute Gasteiger partial charge is 0.490 e. The van der Waals surface area contributed by atoms with E-state index >= 15 is 0 Å². The first-order valence-corrected chi connectivity index (χ1v) is 6.85. The van der Waals surface area contributed by atoms with E-state index in [4.69, 9.17) is 15.9 Å². The molecule has 0 fully saturated rings. The smallest absolute Gasteiger partial charge is 0.167 e. The minimum atomic E-state index is 0.245. The molecule has 0 saturated heterocycles. The number of benzene rings is 1. The molecule has 0 amide bonds. The topological polar surface area (TPSA) is 33.7 Å². The van der Waals surface area contributed by atoms with E-state index in [1.807, 2.05) is 25.1 Å². The number of ether oxygens (including phenoxy) is 2. The predicted octanol–water partition coefficient (Wildman–Crippen LogP) is 1.75. The summed E-state index contributed by atoms with van der Waals surface area (Å²) in [5, 5.41) is 3.39. The van der Waals surface area contributed by atoms with E-state index in [0.717, 1.165) is 36.7 Å². The van der Waals surface area contributed by atoms with Gasteiger partial charge in [0.25, 0.3) is 0 Å². The van der Waals surface area contributed by atoms with E-state index in [9.17, 15) is 0 Å². The zero-order valence-corrected chi connectivity index (χ0v) is 12.6. The number of nitrogens with one attached hydrogen (secondary N) is 1. The van der Waals surface area contributed by atoms with Crippen molar-refractivity contribution in [2.45, 2.75) is 13.5 Å². The van der Waals surface area contributed by atoms with Gasteiger partial charge >= 0.3 is 0 Å². The van der Waals surface area contributed by atoms with E-state index in [1.54, 1.807) is 0 Å². The van der Waals surface area contributed by atoms with Crippen molar-refractivity contribution >= 4 is 0 Å². The lowest BCUT2D eigenvalue weighted by Gasteiger charge is -2.16. The lowest BCUT2D eigenvalue weighted by Crippen LogP contribution is -2.26. The third-order valence-electron chi connectivity index (χ3n) is 2.71. The fraction of sp³-hybridized carbons (Fsp3) is 0.500. The van der Waals surface area contributed by atoms with Crippen molar-refractivity contribution in [1.29, 1.82) is 0 Å². The van der Waals surface area contributed by atoms with E-state index in [2.05, 4.69) is 30.2 Å². The molecule has 110 valence electrons. The van der Waals surface area contributed by atoms with Crippen molar-refractivity contribution in [3.05, 3.63) is 23.8 Å². The third-order valence-corrected chi connectivity index (χ3v) is 2.71. The summed E-state index contributed by atoms with van der Waals surface area (Å²) in [6, 6.07) is 5.90. The van der Waals surface area contributed by atoms with Crippen LogP contribution in [-0.4, -0.2) is 45.3 Å². The Balaban J connectivity index is 2.71. The number of rotatable bonds is 9. The molecule has 0 aromatic heterocycles. The Morgan fingerprint density at radius 3 is 2.75 bits per heavy atom. The molecule has 0 bridgehead atoms. The molecule has 0 aliphatic heterocycles. The van der Waals surface area contributed by atoms with Crippen LogP contribution in [0.3, 0.4) is 0 Å². The second-order valence-electron chi connectivity index (χ2n) is 4.65. The lowest BCUT2D eigenvalue weighted by molar-refractivity contribution is 0.296. The number of terminal acetylenes is 1. The molecule has 1 rings (SSSR count). The minimum absolute atomic E-state index is 0.245. The van der Waals surface area contributed by atoms with Crippen molar-refractivity contribution in [3.63, 3.8) is 0 Å². The summed E-state index contributed by atoms with van der Waals surface area (Å²) in [6.07, 6.45) is 5.27. The average molecular weight is 276 g/mol. The van der Waals surface area contributed by atoms with Crippen LogP contribution in [0, 0.1) is 12.3 Å². The van der Waals surface area contributed by atoms with Gasteiger partial charge in [-0.25, -0.2) is 0 Å². The summed E-state index contributed by atoms with van der Waals surface area (Å²) < 4.78 is 11.2. The number of likely N-dealkylation sites (N-methyl/N-ethyl adjacent to an activating group) is 1. The maximum Gasteiger partial charge on any atom is 0.167 e. The van der Waals surface area contributed by atoms with Gasteiger partial charge in [0, 0.05) is 25.2 Å². The Labute approximate surface area is 122 Å². The van der Waals surface area contributed by atoms with Gasteiger partial charge in [0.1, 0.15) is 6.61 Å². The molecule has 1 aromatic carbocycles. The summed E-state index contributed by atoms with van der Waals surface area (Å²) >= 11 is 0. The van der Waals surface area contributed by atoms with Crippen LogP contribution in [0.2, 0.25) is 0 Å². The molecule has 0 radical (unpaired) electrons. The van der Waals surface area contributed by atoms with Crippen LogP contribution in [0.4, 0.5) is 0 Å². The van der Waals surface area contributed by atoms with Crippen molar-refractivity contribution in [3.8, 4) is 23.8 Å². The first kappa shape index (κ1) is 16.4. The Morgan fingerprint density at radius 2 is 2.10 bits per heavy atom. The molecule has 4 heteroatoms. The standard InChI is InChI=1S/C16H24N2O2/c1-5-12-20-16-14(13-17-10-11-18(3)4)8-7-9-15(16)19-6-2/h1,7-9,17H,6,10-13H2,2-4H3. The zero-order chi connectivity index (χ0) is 14.8. The number of nitrogens with zero attached hydrogens (tertiary/aromatic N) is 1. The van der Waals surface area contributed by atoms with Crippen LogP contribution in [0.1, 0.15) is 12.5 Å². The molecule has 20 heavy (non-hydrogen) atoms. The summed E-state index contributed by atoms with van der Waals surface area (Å²) in [5.74, 6) is 3.98. The molecule has 0 aliphatic carbocycles. The van der Waals surface area contributed by atoms with Gasteiger partial charge in [-0.1, -0.05) is 18.1 Å². The molecule has 1 N–H and O–H groups in total. The van der Waals surface area contributed by atoms with E-state index in [0.29, 0.717) is 6.61 Å². The summed E-state index contributed by atoms with van der Waals surface area (Å²) in [6.45, 7) is 5.44. The van der Waals surface area contributed by atoms with Gasteiger partial charge < -0.3 is 19.7 Å². The summed E-state index contributed by atoms with van der Waals surface area (Å²) in [4.78, 5) is 2.14. The molecule has 0 aliphatic rings. The van der Waals surface area contributed by atoms with Crippen LogP contribution < -0.4 is 14.8 Å². The van der Waals surface area contributed by atoms with Gasteiger partial charge in [0.2, 0.25) is 0 Å². The highest BCUT2D eigenvalue weighted by Crippen LogP contribution is 2.31. The molecular formula is C16H24N2O2. The zero-order valence-electron chi connectivity index (χ0n) is 12.6. The number of hydrogen-bond acceptors (Lipinski definition) is 4. The molecule has 4 nitrogen and oxygen atoms in total. The number of hydrogen-bond donors (Lipinski definition) is 1. The van der Waals surface area contributed by atoms with Gasteiger partial charge in [-0.3, -0.25) is 0 Å². The van der Waals surface area contributed by atoms with Crippen LogP contribution in [0.25, 0.3) is 0 Å². The Morgan fingerprint density at radius 1 is 1.30 bits per heavy atom. The summed E-state index contributed by atoms with van der Waals surface area (Å²) in [5.41, 5.74) is 1.06. The molecule has 0 unspecified atom stereocenters. The minimum Gasteiger partial charge on any atom is -0.490 e. The van der Waals surface area contributed by atoms with Crippen molar-refractivity contribution in [1.82, 2.24) is 10.2 Å². The van der Waals surface area contributed by atoms with Gasteiger partial charge in [0.15, 0.2) is 11.5 Å². The van der Waals surface area contributed by atoms with Crippen molar-refractivity contribution in [2.24, 2.45) is 0 Å².